The Hall–Kier alpha value is -0.120. The van der Waals surface area contributed by atoms with Gasteiger partial charge in [-0.1, -0.05) is 6.92 Å². The largest absolute Gasteiger partial charge is 0.315 e. The second-order valence-electron chi connectivity index (χ2n) is 6.35. The minimum atomic E-state index is 0.305. The number of hydrogen-bond acceptors (Lipinski definition) is 3. The van der Waals surface area contributed by atoms with E-state index in [2.05, 4.69) is 56.9 Å². The highest BCUT2D eigenvalue weighted by Crippen LogP contribution is 2.27. The Balaban J connectivity index is 2.88. The van der Waals surface area contributed by atoms with Crippen LogP contribution in [0.4, 0.5) is 0 Å². The number of hydrogen-bond donors (Lipinski definition) is 1. The maximum absolute atomic E-state index is 3.60. The van der Waals surface area contributed by atoms with Gasteiger partial charge in [-0.05, 0) is 54.3 Å². The van der Waals surface area contributed by atoms with Crippen LogP contribution in [-0.2, 0) is 0 Å². The molecule has 1 saturated heterocycles. The maximum atomic E-state index is 3.60. The highest BCUT2D eigenvalue weighted by Gasteiger charge is 2.36. The van der Waals surface area contributed by atoms with Gasteiger partial charge in [0, 0.05) is 30.7 Å². The third-order valence-electron chi connectivity index (χ3n) is 4.03. The Labute approximate surface area is 108 Å². The van der Waals surface area contributed by atoms with Gasteiger partial charge in [0.1, 0.15) is 0 Å². The molecule has 0 aromatic rings. The van der Waals surface area contributed by atoms with Crippen molar-refractivity contribution in [3.05, 3.63) is 0 Å². The van der Waals surface area contributed by atoms with E-state index in [1.165, 1.54) is 12.8 Å². The molecule has 1 rings (SSSR count). The molecule has 0 aliphatic carbocycles. The lowest BCUT2D eigenvalue weighted by Crippen LogP contribution is -2.57. The lowest BCUT2D eigenvalue weighted by Gasteiger charge is -2.46. The molecule has 0 saturated carbocycles. The summed E-state index contributed by atoms with van der Waals surface area (Å²) in [7, 11) is 4.35. The fraction of sp³-hybridized carbons (Fsp3) is 1.00. The van der Waals surface area contributed by atoms with Gasteiger partial charge < -0.3 is 10.2 Å². The molecule has 1 fully saturated rings. The fourth-order valence-electron chi connectivity index (χ4n) is 3.11. The molecule has 17 heavy (non-hydrogen) atoms. The smallest absolute Gasteiger partial charge is 0.0355 e. The molecule has 0 aromatic carbocycles. The molecule has 2 atom stereocenters. The molecule has 1 N–H and O–H groups in total. The SMILES string of the molecule is CCC(C)N1C(CN(C)C)CNCCC1(C)C. The molecule has 2 unspecified atom stereocenters. The summed E-state index contributed by atoms with van der Waals surface area (Å²) in [4.78, 5) is 5.05. The van der Waals surface area contributed by atoms with Gasteiger partial charge in [0.15, 0.2) is 0 Å². The molecule has 0 amide bonds. The first-order valence-electron chi connectivity index (χ1n) is 7.02. The fourth-order valence-corrected chi connectivity index (χ4v) is 3.11. The maximum Gasteiger partial charge on any atom is 0.0355 e. The van der Waals surface area contributed by atoms with E-state index in [-0.39, 0.29) is 0 Å². The average molecular weight is 241 g/mol. The highest BCUT2D eigenvalue weighted by molar-refractivity contribution is 4.94. The van der Waals surface area contributed by atoms with Crippen LogP contribution >= 0.6 is 0 Å². The monoisotopic (exact) mass is 241 g/mol. The molecule has 0 bridgehead atoms. The van der Waals surface area contributed by atoms with Gasteiger partial charge in [-0.15, -0.1) is 0 Å². The van der Waals surface area contributed by atoms with Crippen LogP contribution in [0.1, 0.15) is 40.5 Å². The van der Waals surface area contributed by atoms with E-state index in [0.717, 1.165) is 19.6 Å². The van der Waals surface area contributed by atoms with Crippen molar-refractivity contribution in [3.63, 3.8) is 0 Å². The summed E-state index contributed by atoms with van der Waals surface area (Å²) in [6.07, 6.45) is 2.47. The molecule has 0 spiro atoms. The molecule has 1 aliphatic rings. The van der Waals surface area contributed by atoms with Crippen molar-refractivity contribution in [3.8, 4) is 0 Å². The third kappa shape index (κ3) is 3.94. The first kappa shape index (κ1) is 14.9. The predicted octanol–water partition coefficient (Wildman–Crippen LogP) is 1.79. The zero-order valence-corrected chi connectivity index (χ0v) is 12.6. The zero-order valence-electron chi connectivity index (χ0n) is 12.6. The van der Waals surface area contributed by atoms with Gasteiger partial charge >= 0.3 is 0 Å². The third-order valence-corrected chi connectivity index (χ3v) is 4.03. The van der Waals surface area contributed by atoms with Crippen molar-refractivity contribution in [1.82, 2.24) is 15.1 Å². The van der Waals surface area contributed by atoms with Crippen molar-refractivity contribution in [1.29, 1.82) is 0 Å². The Kier molecular flexibility index (Phi) is 5.42. The quantitative estimate of drug-likeness (QED) is 0.809. The highest BCUT2D eigenvalue weighted by atomic mass is 15.3. The van der Waals surface area contributed by atoms with Gasteiger partial charge in [-0.25, -0.2) is 0 Å². The Bertz CT molecular complexity index is 226. The van der Waals surface area contributed by atoms with Crippen LogP contribution in [-0.4, -0.2) is 61.2 Å². The number of nitrogens with one attached hydrogen (secondary N) is 1. The van der Waals surface area contributed by atoms with E-state index in [0.29, 0.717) is 17.6 Å². The topological polar surface area (TPSA) is 18.5 Å². The lowest BCUT2D eigenvalue weighted by molar-refractivity contribution is 0.0255. The van der Waals surface area contributed by atoms with Crippen LogP contribution in [0, 0.1) is 0 Å². The molecule has 0 radical (unpaired) electrons. The second-order valence-corrected chi connectivity index (χ2v) is 6.35. The molecular weight excluding hydrogens is 210 g/mol. The molecule has 3 heteroatoms. The summed E-state index contributed by atoms with van der Waals surface area (Å²) < 4.78 is 0. The number of nitrogens with zero attached hydrogens (tertiary/aromatic N) is 2. The van der Waals surface area contributed by atoms with Crippen LogP contribution in [0.2, 0.25) is 0 Å². The van der Waals surface area contributed by atoms with Crippen molar-refractivity contribution in [2.75, 3.05) is 33.7 Å². The minimum Gasteiger partial charge on any atom is -0.315 e. The molecule has 102 valence electrons. The minimum absolute atomic E-state index is 0.305. The van der Waals surface area contributed by atoms with Crippen LogP contribution in [0.5, 0.6) is 0 Å². The Morgan fingerprint density at radius 2 is 2.06 bits per heavy atom. The van der Waals surface area contributed by atoms with Crippen LogP contribution < -0.4 is 5.32 Å². The first-order valence-corrected chi connectivity index (χ1v) is 7.02. The van der Waals surface area contributed by atoms with Gasteiger partial charge in [0.05, 0.1) is 0 Å². The summed E-state index contributed by atoms with van der Waals surface area (Å²) >= 11 is 0. The summed E-state index contributed by atoms with van der Waals surface area (Å²) in [5.41, 5.74) is 0.305. The van der Waals surface area contributed by atoms with Crippen molar-refractivity contribution in [2.45, 2.75) is 58.2 Å². The van der Waals surface area contributed by atoms with Crippen molar-refractivity contribution >= 4 is 0 Å². The molecular formula is C14H31N3. The van der Waals surface area contributed by atoms with Gasteiger partial charge in [-0.3, -0.25) is 4.90 Å². The zero-order chi connectivity index (χ0) is 13.1. The van der Waals surface area contributed by atoms with E-state index >= 15 is 0 Å². The van der Waals surface area contributed by atoms with Gasteiger partial charge in [0.2, 0.25) is 0 Å². The van der Waals surface area contributed by atoms with E-state index in [1.54, 1.807) is 0 Å². The van der Waals surface area contributed by atoms with Gasteiger partial charge in [-0.2, -0.15) is 0 Å². The standard InChI is InChI=1S/C14H31N3/c1-7-12(2)17-13(11-16(5)6)10-15-9-8-14(17,3)4/h12-13,15H,7-11H2,1-6H3. The van der Waals surface area contributed by atoms with E-state index in [1.807, 2.05) is 0 Å². The van der Waals surface area contributed by atoms with E-state index in [9.17, 15) is 0 Å². The van der Waals surface area contributed by atoms with Crippen LogP contribution in [0.15, 0.2) is 0 Å². The van der Waals surface area contributed by atoms with Crippen molar-refractivity contribution < 1.29 is 0 Å². The van der Waals surface area contributed by atoms with Gasteiger partial charge in [0.25, 0.3) is 0 Å². The predicted molar refractivity (Wildman–Crippen MR) is 75.5 cm³/mol. The summed E-state index contributed by atoms with van der Waals surface area (Å²) in [6.45, 7) is 12.9. The molecule has 1 aliphatic heterocycles. The summed E-state index contributed by atoms with van der Waals surface area (Å²) in [5, 5.41) is 3.60. The number of rotatable bonds is 4. The Morgan fingerprint density at radius 3 is 2.59 bits per heavy atom. The number of likely N-dealkylation sites (N-methyl/N-ethyl adjacent to an activating group) is 1. The summed E-state index contributed by atoms with van der Waals surface area (Å²) in [6, 6.07) is 1.28. The molecule has 0 aromatic heterocycles. The van der Waals surface area contributed by atoms with E-state index < -0.39 is 0 Å². The normalized spacial score (nSPS) is 28.1. The summed E-state index contributed by atoms with van der Waals surface area (Å²) in [5.74, 6) is 0. The Morgan fingerprint density at radius 1 is 1.41 bits per heavy atom. The second kappa shape index (κ2) is 6.17. The van der Waals surface area contributed by atoms with Crippen molar-refractivity contribution in [2.24, 2.45) is 0 Å². The lowest BCUT2D eigenvalue weighted by atomic mass is 9.94. The van der Waals surface area contributed by atoms with E-state index in [4.69, 9.17) is 0 Å². The first-order chi connectivity index (χ1) is 7.88. The molecule has 3 nitrogen and oxygen atoms in total. The van der Waals surface area contributed by atoms with Crippen LogP contribution in [0.3, 0.4) is 0 Å². The average Bonchev–Trinajstić information content (AvgIpc) is 2.35. The molecule has 1 heterocycles. The van der Waals surface area contributed by atoms with Crippen LogP contribution in [0.25, 0.3) is 0 Å².